The summed E-state index contributed by atoms with van der Waals surface area (Å²) < 4.78 is 8.73. The van der Waals surface area contributed by atoms with Gasteiger partial charge in [-0.1, -0.05) is 84.9 Å². The van der Waals surface area contributed by atoms with Gasteiger partial charge in [-0.2, -0.15) is 0 Å². The van der Waals surface area contributed by atoms with Crippen molar-refractivity contribution < 1.29 is 4.42 Å². The van der Waals surface area contributed by atoms with E-state index in [1.807, 2.05) is 12.1 Å². The minimum Gasteiger partial charge on any atom is -0.456 e. The van der Waals surface area contributed by atoms with E-state index in [4.69, 9.17) is 4.42 Å². The van der Waals surface area contributed by atoms with Crippen LogP contribution in [0.4, 0.5) is 0 Å². The molecule has 0 atom stereocenters. The first kappa shape index (κ1) is 18.5. The number of benzene rings is 6. The van der Waals surface area contributed by atoms with E-state index in [-0.39, 0.29) is 0 Å². The predicted octanol–water partition coefficient (Wildman–Crippen LogP) is 9.48. The molecule has 8 aromatic rings. The Kier molecular flexibility index (Phi) is 3.31. The Morgan fingerprint density at radius 3 is 2.00 bits per heavy atom. The molecule has 2 heteroatoms. The molecule has 0 unspecified atom stereocenters. The van der Waals surface area contributed by atoms with Gasteiger partial charge in [-0.3, -0.25) is 0 Å². The Morgan fingerprint density at radius 2 is 1.11 bits per heavy atom. The van der Waals surface area contributed by atoms with Gasteiger partial charge in [-0.15, -0.1) is 0 Å². The molecule has 0 saturated heterocycles. The molecule has 0 N–H and O–H groups in total. The van der Waals surface area contributed by atoms with Crippen molar-refractivity contribution in [2.45, 2.75) is 0 Å². The summed E-state index contributed by atoms with van der Waals surface area (Å²) >= 11 is 0. The van der Waals surface area contributed by atoms with Gasteiger partial charge in [-0.25, -0.2) is 0 Å². The molecule has 0 spiro atoms. The van der Waals surface area contributed by atoms with Crippen LogP contribution >= 0.6 is 0 Å². The number of hydrogen-bond donors (Lipinski definition) is 0. The molecule has 9 rings (SSSR count). The maximum atomic E-state index is 6.31. The third-order valence-corrected chi connectivity index (χ3v) is 7.94. The second-order valence-electron chi connectivity index (χ2n) is 9.72. The van der Waals surface area contributed by atoms with Crippen LogP contribution in [0.1, 0.15) is 0 Å². The monoisotopic (exact) mass is 457 g/mol. The van der Waals surface area contributed by atoms with Crippen LogP contribution in [-0.2, 0) is 0 Å². The van der Waals surface area contributed by atoms with E-state index in [1.165, 1.54) is 60.5 Å². The molecule has 36 heavy (non-hydrogen) atoms. The fraction of sp³-hybridized carbons (Fsp3) is 0. The number of fused-ring (bicyclic) bond motifs is 9. The van der Waals surface area contributed by atoms with Crippen LogP contribution < -0.4 is 0 Å². The molecule has 0 radical (unpaired) electrons. The minimum atomic E-state index is 0.922. The van der Waals surface area contributed by atoms with Crippen LogP contribution in [0.3, 0.4) is 0 Å². The highest BCUT2D eigenvalue weighted by Gasteiger charge is 2.24. The Bertz CT molecular complexity index is 2180. The molecular weight excluding hydrogens is 438 g/mol. The van der Waals surface area contributed by atoms with E-state index in [0.717, 1.165) is 21.9 Å². The van der Waals surface area contributed by atoms with E-state index < -0.39 is 0 Å². The Morgan fingerprint density at radius 1 is 0.417 bits per heavy atom. The molecule has 2 nitrogen and oxygen atoms in total. The van der Waals surface area contributed by atoms with Crippen molar-refractivity contribution in [1.82, 2.24) is 4.57 Å². The molecule has 0 fully saturated rings. The van der Waals surface area contributed by atoms with E-state index in [1.54, 1.807) is 0 Å². The van der Waals surface area contributed by atoms with E-state index in [2.05, 4.69) is 108 Å². The van der Waals surface area contributed by atoms with Gasteiger partial charge in [0, 0.05) is 33.0 Å². The Labute approximate surface area is 206 Å². The number of aromatic nitrogens is 1. The summed E-state index contributed by atoms with van der Waals surface area (Å²) in [5, 5.41) is 7.44. The van der Waals surface area contributed by atoms with Gasteiger partial charge in [0.1, 0.15) is 11.2 Å². The molecule has 0 aliphatic heterocycles. The molecule has 0 bridgehead atoms. The number of rotatable bonds is 1. The zero-order valence-corrected chi connectivity index (χ0v) is 19.3. The van der Waals surface area contributed by atoms with Crippen LogP contribution in [0.2, 0.25) is 0 Å². The van der Waals surface area contributed by atoms with Crippen molar-refractivity contribution in [3.8, 4) is 27.9 Å². The van der Waals surface area contributed by atoms with Gasteiger partial charge < -0.3 is 8.98 Å². The maximum absolute atomic E-state index is 6.31. The third kappa shape index (κ3) is 2.18. The van der Waals surface area contributed by atoms with Gasteiger partial charge in [0.2, 0.25) is 0 Å². The summed E-state index contributed by atoms with van der Waals surface area (Å²) in [7, 11) is 0. The largest absolute Gasteiger partial charge is 0.456 e. The highest BCUT2D eigenvalue weighted by molar-refractivity contribution is 6.20. The van der Waals surface area contributed by atoms with Crippen LogP contribution in [0, 0.1) is 0 Å². The summed E-state index contributed by atoms with van der Waals surface area (Å²) in [5.41, 5.74) is 10.7. The number of furan rings is 1. The topological polar surface area (TPSA) is 18.1 Å². The summed E-state index contributed by atoms with van der Waals surface area (Å²) in [4.78, 5) is 0. The van der Waals surface area contributed by atoms with Gasteiger partial charge in [0.05, 0.1) is 16.7 Å². The van der Waals surface area contributed by atoms with Crippen LogP contribution in [0.15, 0.2) is 120 Å². The fourth-order valence-corrected chi connectivity index (χ4v) is 6.44. The average Bonchev–Trinajstić information content (AvgIpc) is 3.57. The Hall–Kier alpha value is -4.82. The second kappa shape index (κ2) is 6.44. The molecule has 6 aromatic carbocycles. The summed E-state index contributed by atoms with van der Waals surface area (Å²) in [6, 6.07) is 41.6. The second-order valence-corrected chi connectivity index (χ2v) is 9.72. The third-order valence-electron chi connectivity index (χ3n) is 7.94. The van der Waals surface area contributed by atoms with Crippen LogP contribution in [-0.4, -0.2) is 4.57 Å². The average molecular weight is 458 g/mol. The molecule has 2 aromatic heterocycles. The Balaban J connectivity index is 1.45. The lowest BCUT2D eigenvalue weighted by molar-refractivity contribution is 0.669. The highest BCUT2D eigenvalue weighted by Crippen LogP contribution is 2.49. The first-order valence-electron chi connectivity index (χ1n) is 12.4. The lowest BCUT2D eigenvalue weighted by Crippen LogP contribution is -1.95. The molecular formula is C34H19NO. The quantitative estimate of drug-likeness (QED) is 0.240. The predicted molar refractivity (Wildman–Crippen MR) is 150 cm³/mol. The SMILES string of the molecule is c1ccc2c(c1)-c1cccc3c(-n4c5ccccc5c5cc6c(cc54)oc4ccccc46)ccc-2c13. The zero-order valence-electron chi connectivity index (χ0n) is 19.3. The molecule has 1 aliphatic carbocycles. The highest BCUT2D eigenvalue weighted by atomic mass is 16.3. The van der Waals surface area contributed by atoms with Crippen molar-refractivity contribution in [2.75, 3.05) is 0 Å². The lowest BCUT2D eigenvalue weighted by Gasteiger charge is -2.13. The van der Waals surface area contributed by atoms with Crippen LogP contribution in [0.25, 0.3) is 82.5 Å². The van der Waals surface area contributed by atoms with Gasteiger partial charge in [0.15, 0.2) is 0 Å². The first-order chi connectivity index (χ1) is 17.9. The molecule has 0 saturated carbocycles. The number of hydrogen-bond acceptors (Lipinski definition) is 1. The van der Waals surface area contributed by atoms with Crippen molar-refractivity contribution in [1.29, 1.82) is 0 Å². The van der Waals surface area contributed by atoms with E-state index in [9.17, 15) is 0 Å². The summed E-state index contributed by atoms with van der Waals surface area (Å²) in [5.74, 6) is 0. The number of nitrogens with zero attached hydrogens (tertiary/aromatic N) is 1. The van der Waals surface area contributed by atoms with Crippen molar-refractivity contribution in [2.24, 2.45) is 0 Å². The maximum Gasteiger partial charge on any atom is 0.137 e. The molecule has 1 aliphatic rings. The standard InChI is InChI=1S/C34H19NO/c1-2-9-21-20(8-1)24-12-7-13-26-30(17-16-25(21)34(24)26)35-29-14-5-3-10-22(29)27-18-28-23-11-4-6-15-32(23)36-33(28)19-31(27)35/h1-19H. The van der Waals surface area contributed by atoms with Gasteiger partial charge >= 0.3 is 0 Å². The smallest absolute Gasteiger partial charge is 0.137 e. The van der Waals surface area contributed by atoms with Crippen molar-refractivity contribution in [3.05, 3.63) is 115 Å². The normalized spacial score (nSPS) is 12.4. The molecule has 2 heterocycles. The van der Waals surface area contributed by atoms with Gasteiger partial charge in [-0.05, 0) is 51.9 Å². The minimum absolute atomic E-state index is 0.922. The fourth-order valence-electron chi connectivity index (χ4n) is 6.44. The first-order valence-corrected chi connectivity index (χ1v) is 12.4. The molecule has 0 amide bonds. The van der Waals surface area contributed by atoms with Gasteiger partial charge in [0.25, 0.3) is 0 Å². The summed E-state index contributed by atoms with van der Waals surface area (Å²) in [6.07, 6.45) is 0. The number of para-hydroxylation sites is 2. The molecule has 166 valence electrons. The summed E-state index contributed by atoms with van der Waals surface area (Å²) in [6.45, 7) is 0. The van der Waals surface area contributed by atoms with E-state index >= 15 is 0 Å². The lowest BCUT2D eigenvalue weighted by atomic mass is 10.0. The van der Waals surface area contributed by atoms with Crippen molar-refractivity contribution >= 4 is 54.5 Å². The van der Waals surface area contributed by atoms with Crippen molar-refractivity contribution in [3.63, 3.8) is 0 Å². The zero-order chi connectivity index (χ0) is 23.4. The van der Waals surface area contributed by atoms with Crippen LogP contribution in [0.5, 0.6) is 0 Å². The van der Waals surface area contributed by atoms with E-state index in [0.29, 0.717) is 0 Å².